The number of carbonyl (C=O) groups excluding carboxylic acids is 1. The number of hydrogen-bond acceptors (Lipinski definition) is 6. The molecule has 0 heterocycles. The van der Waals surface area contributed by atoms with Crippen LogP contribution in [0.5, 0.6) is 0 Å². The van der Waals surface area contributed by atoms with Crippen LogP contribution in [0.2, 0.25) is 0 Å². The van der Waals surface area contributed by atoms with Crippen molar-refractivity contribution in [1.29, 1.82) is 0 Å². The Morgan fingerprint density at radius 2 is 2.25 bits per heavy atom. The maximum atomic E-state index is 10.9. The summed E-state index contributed by atoms with van der Waals surface area (Å²) in [6.07, 6.45) is 0. The molecule has 0 spiro atoms. The lowest BCUT2D eigenvalue weighted by molar-refractivity contribution is -0.120. The van der Waals surface area contributed by atoms with Crippen LogP contribution in [0.15, 0.2) is 5.11 Å². The topological polar surface area (TPSA) is 154 Å². The van der Waals surface area contributed by atoms with E-state index in [-0.39, 0.29) is 6.61 Å². The second-order valence-corrected chi connectivity index (χ2v) is 3.74. The lowest BCUT2D eigenvalue weighted by Crippen LogP contribution is -2.27. The van der Waals surface area contributed by atoms with Gasteiger partial charge in [-0.3, -0.25) is 13.8 Å². The number of aliphatic hydroxyl groups is 1. The minimum absolute atomic E-state index is 0.361. The van der Waals surface area contributed by atoms with Gasteiger partial charge in [0, 0.05) is 4.91 Å². The number of phosphoric ester groups is 1. The van der Waals surface area contributed by atoms with E-state index in [4.69, 9.17) is 15.5 Å². The first kappa shape index (κ1) is 14.8. The lowest BCUT2D eigenvalue weighted by atomic mass is 10.6. The largest absolute Gasteiger partial charge is 0.473 e. The van der Waals surface area contributed by atoms with Gasteiger partial charge in [0.1, 0.15) is 13.3 Å². The molecule has 0 aliphatic carbocycles. The minimum atomic E-state index is -4.27. The van der Waals surface area contributed by atoms with E-state index in [1.165, 1.54) is 0 Å². The Balaban J connectivity index is 3.75. The van der Waals surface area contributed by atoms with E-state index in [0.29, 0.717) is 0 Å². The molecule has 1 unspecified atom stereocenters. The number of phosphoric acid groups is 1. The van der Waals surface area contributed by atoms with Crippen molar-refractivity contribution in [2.75, 3.05) is 26.5 Å². The van der Waals surface area contributed by atoms with Gasteiger partial charge in [0.05, 0.1) is 13.2 Å². The molecule has 0 saturated carbocycles. The molecule has 0 fully saturated rings. The third-order valence-electron chi connectivity index (χ3n) is 1.12. The van der Waals surface area contributed by atoms with Gasteiger partial charge in [-0.1, -0.05) is 5.11 Å². The van der Waals surface area contributed by atoms with Crippen molar-refractivity contribution in [3.05, 3.63) is 10.4 Å². The molecule has 0 aromatic rings. The summed E-state index contributed by atoms with van der Waals surface area (Å²) >= 11 is 0. The van der Waals surface area contributed by atoms with Gasteiger partial charge < -0.3 is 15.3 Å². The Hall–Kier alpha value is -1.15. The molecule has 92 valence electrons. The molecule has 0 saturated heterocycles. The number of nitrogens with one attached hydrogen (secondary N) is 1. The maximum absolute atomic E-state index is 10.9. The monoisotopic (exact) mass is 254 g/mol. The van der Waals surface area contributed by atoms with Crippen molar-refractivity contribution in [1.82, 2.24) is 5.32 Å². The van der Waals surface area contributed by atoms with Crippen LogP contribution in [0, 0.1) is 0 Å². The Morgan fingerprint density at radius 3 is 2.81 bits per heavy atom. The molecule has 10 nitrogen and oxygen atoms in total. The van der Waals surface area contributed by atoms with Gasteiger partial charge in [-0.25, -0.2) is 4.57 Å². The molecule has 11 heteroatoms. The van der Waals surface area contributed by atoms with E-state index < -0.39 is 33.6 Å². The zero-order valence-electron chi connectivity index (χ0n) is 8.14. The van der Waals surface area contributed by atoms with Gasteiger partial charge in [0.2, 0.25) is 5.91 Å². The first-order valence-corrected chi connectivity index (χ1v) is 5.51. The Kier molecular flexibility index (Phi) is 7.48. The van der Waals surface area contributed by atoms with Gasteiger partial charge in [-0.05, 0) is 5.53 Å². The summed E-state index contributed by atoms with van der Waals surface area (Å²) in [7, 11) is -4.27. The quantitative estimate of drug-likeness (QED) is 0.174. The number of amides is 1. The summed E-state index contributed by atoms with van der Waals surface area (Å²) in [6, 6.07) is 0. The first-order chi connectivity index (χ1) is 7.52. The molecule has 0 aliphatic heterocycles. The van der Waals surface area contributed by atoms with Crippen molar-refractivity contribution in [3.63, 3.8) is 0 Å². The average molecular weight is 254 g/mol. The van der Waals surface area contributed by atoms with Gasteiger partial charge in [0.15, 0.2) is 0 Å². The molecule has 0 radical (unpaired) electrons. The second-order valence-electron chi connectivity index (χ2n) is 2.29. The fraction of sp³-hybridized carbons (Fsp3) is 0.800. The molecule has 0 aliphatic rings. The fourth-order valence-electron chi connectivity index (χ4n) is 0.540. The molecule has 1 amide bonds. The minimum Gasteiger partial charge on any atom is -0.394 e. The molecular formula is C5H11N4O6P. The zero-order valence-corrected chi connectivity index (χ0v) is 9.04. The smallest absolute Gasteiger partial charge is 0.394 e. The highest BCUT2D eigenvalue weighted by atomic mass is 31.2. The average Bonchev–Trinajstić information content (AvgIpc) is 2.23. The van der Waals surface area contributed by atoms with E-state index in [0.717, 1.165) is 0 Å². The van der Waals surface area contributed by atoms with Crippen LogP contribution in [-0.2, 0) is 18.4 Å². The van der Waals surface area contributed by atoms with Crippen molar-refractivity contribution in [2.45, 2.75) is 0 Å². The predicted octanol–water partition coefficient (Wildman–Crippen LogP) is -0.504. The van der Waals surface area contributed by atoms with Crippen molar-refractivity contribution in [3.8, 4) is 0 Å². The van der Waals surface area contributed by atoms with Gasteiger partial charge >= 0.3 is 7.82 Å². The van der Waals surface area contributed by atoms with Crippen molar-refractivity contribution >= 4 is 13.7 Å². The number of nitrogens with zero attached hydrogens (tertiary/aromatic N) is 3. The molecule has 0 aromatic carbocycles. The third kappa shape index (κ3) is 8.18. The SMILES string of the molecule is [N-]=[N+]=NCC(=O)NCOP(=O)(O)OCCO. The van der Waals surface area contributed by atoms with Gasteiger partial charge in [-0.15, -0.1) is 0 Å². The van der Waals surface area contributed by atoms with E-state index in [2.05, 4.69) is 19.1 Å². The Labute approximate surface area is 90.4 Å². The van der Waals surface area contributed by atoms with Crippen molar-refractivity contribution in [2.24, 2.45) is 5.11 Å². The molecule has 0 rings (SSSR count). The summed E-state index contributed by atoms with van der Waals surface area (Å²) in [6.45, 7) is -1.80. The number of hydrogen-bond donors (Lipinski definition) is 3. The molecule has 0 bridgehead atoms. The van der Waals surface area contributed by atoms with E-state index in [9.17, 15) is 9.36 Å². The summed E-state index contributed by atoms with van der Waals surface area (Å²) in [5, 5.41) is 13.3. The highest BCUT2D eigenvalue weighted by Gasteiger charge is 2.20. The highest BCUT2D eigenvalue weighted by molar-refractivity contribution is 7.47. The fourth-order valence-corrected chi connectivity index (χ4v) is 1.15. The summed E-state index contributed by atoms with van der Waals surface area (Å²) in [5.74, 6) is -0.667. The van der Waals surface area contributed by atoms with Crippen LogP contribution in [-0.4, -0.2) is 42.4 Å². The zero-order chi connectivity index (χ0) is 12.4. The van der Waals surface area contributed by atoms with E-state index >= 15 is 0 Å². The second kappa shape index (κ2) is 8.05. The van der Waals surface area contributed by atoms with Gasteiger partial charge in [0.25, 0.3) is 0 Å². The number of rotatable bonds is 8. The molecular weight excluding hydrogens is 243 g/mol. The van der Waals surface area contributed by atoms with E-state index in [1.54, 1.807) is 0 Å². The normalized spacial score (nSPS) is 13.6. The van der Waals surface area contributed by atoms with Crippen molar-refractivity contribution < 1.29 is 28.4 Å². The maximum Gasteiger partial charge on any atom is 0.473 e. The lowest BCUT2D eigenvalue weighted by Gasteiger charge is -2.11. The van der Waals surface area contributed by atoms with Gasteiger partial charge in [-0.2, -0.15) is 0 Å². The molecule has 0 aromatic heterocycles. The number of carbonyl (C=O) groups is 1. The Bertz CT molecular complexity index is 316. The van der Waals surface area contributed by atoms with Crippen LogP contribution in [0.3, 0.4) is 0 Å². The summed E-state index contributed by atoms with van der Waals surface area (Å²) in [5.41, 5.74) is 7.89. The van der Waals surface area contributed by atoms with Crippen LogP contribution < -0.4 is 5.32 Å². The number of azide groups is 1. The predicted molar refractivity (Wildman–Crippen MR) is 51.0 cm³/mol. The van der Waals surface area contributed by atoms with Crippen LogP contribution in [0.4, 0.5) is 0 Å². The van der Waals surface area contributed by atoms with Crippen LogP contribution in [0.25, 0.3) is 10.4 Å². The summed E-state index contributed by atoms with van der Waals surface area (Å²) in [4.78, 5) is 22.0. The van der Waals surface area contributed by atoms with Crippen LogP contribution in [0.1, 0.15) is 0 Å². The first-order valence-electron chi connectivity index (χ1n) is 4.02. The molecule has 3 N–H and O–H groups in total. The highest BCUT2D eigenvalue weighted by Crippen LogP contribution is 2.42. The standard InChI is InChI=1S/C5H11N4O6P/c6-9-8-3-5(11)7-4-15-16(12,13)14-2-1-10/h10H,1-4H2,(H,7,11)(H,12,13). The van der Waals surface area contributed by atoms with Crippen LogP contribution >= 0.6 is 7.82 Å². The third-order valence-corrected chi connectivity index (χ3v) is 2.08. The summed E-state index contributed by atoms with van der Waals surface area (Å²) < 4.78 is 19.5. The molecule has 1 atom stereocenters. The molecule has 16 heavy (non-hydrogen) atoms. The number of aliphatic hydroxyl groups excluding tert-OH is 1. The van der Waals surface area contributed by atoms with E-state index in [1.807, 2.05) is 5.32 Å². The Morgan fingerprint density at radius 1 is 1.56 bits per heavy atom.